The maximum atomic E-state index is 11.8. The van der Waals surface area contributed by atoms with Gasteiger partial charge >= 0.3 is 0 Å². The predicted molar refractivity (Wildman–Crippen MR) is 66.0 cm³/mol. The van der Waals surface area contributed by atoms with Gasteiger partial charge in [-0.2, -0.15) is 0 Å². The first-order valence-electron chi connectivity index (χ1n) is 4.83. The van der Waals surface area contributed by atoms with Gasteiger partial charge in [0.2, 0.25) is 0 Å². The van der Waals surface area contributed by atoms with Crippen LogP contribution in [0.15, 0.2) is 54.9 Å². The average molecular weight is 234 g/mol. The maximum Gasteiger partial charge on any atom is 0.167 e. The van der Waals surface area contributed by atoms with E-state index in [0.717, 1.165) is 11.1 Å². The van der Waals surface area contributed by atoms with Gasteiger partial charge in [0, 0.05) is 24.4 Å². The molecular formula is C13H12ClNO. The molecule has 0 fully saturated rings. The molecule has 2 rings (SSSR count). The highest BCUT2D eigenvalue weighted by molar-refractivity contribution is 5.97. The van der Waals surface area contributed by atoms with Crippen LogP contribution < -0.4 is 0 Å². The summed E-state index contributed by atoms with van der Waals surface area (Å²) in [6.45, 7) is 0. The first-order chi connectivity index (χ1) is 7.36. The van der Waals surface area contributed by atoms with Gasteiger partial charge in [0.25, 0.3) is 0 Å². The number of hydrogen-bond acceptors (Lipinski definition) is 2. The summed E-state index contributed by atoms with van der Waals surface area (Å²) in [4.78, 5) is 15.8. The van der Waals surface area contributed by atoms with Crippen LogP contribution >= 0.6 is 12.4 Å². The Morgan fingerprint density at radius 2 is 1.81 bits per heavy atom. The number of carbonyl (C=O) groups excluding carboxylic acids is 1. The lowest BCUT2D eigenvalue weighted by molar-refractivity contribution is 0.0993. The second kappa shape index (κ2) is 6.03. The highest BCUT2D eigenvalue weighted by atomic mass is 35.5. The van der Waals surface area contributed by atoms with Gasteiger partial charge in [0.15, 0.2) is 5.78 Å². The number of aromatic nitrogens is 1. The van der Waals surface area contributed by atoms with Gasteiger partial charge in [-0.1, -0.05) is 36.4 Å². The summed E-state index contributed by atoms with van der Waals surface area (Å²) in [5.74, 6) is 0.128. The highest BCUT2D eigenvalue weighted by Gasteiger charge is 2.05. The lowest BCUT2D eigenvalue weighted by Crippen LogP contribution is -2.03. The number of carbonyl (C=O) groups is 1. The zero-order valence-corrected chi connectivity index (χ0v) is 9.48. The summed E-state index contributed by atoms with van der Waals surface area (Å²) < 4.78 is 0. The minimum atomic E-state index is 0. The Bertz CT molecular complexity index is 442. The molecule has 82 valence electrons. The third kappa shape index (κ3) is 3.17. The number of benzene rings is 1. The molecule has 0 saturated carbocycles. The molecule has 2 aromatic rings. The molecule has 16 heavy (non-hydrogen) atoms. The predicted octanol–water partition coefficient (Wildman–Crippen LogP) is 2.93. The standard InChI is InChI=1S/C13H11NO.ClH/c15-13(12-6-2-1-3-7-12)9-11-5-4-8-14-10-11;/h1-8,10H,9H2;1H. The van der Waals surface area contributed by atoms with Gasteiger partial charge in [-0.3, -0.25) is 9.78 Å². The van der Waals surface area contributed by atoms with E-state index < -0.39 is 0 Å². The quantitative estimate of drug-likeness (QED) is 0.763. The molecule has 0 radical (unpaired) electrons. The van der Waals surface area contributed by atoms with Crippen LogP contribution in [0.5, 0.6) is 0 Å². The van der Waals surface area contributed by atoms with Crippen LogP contribution in [-0.2, 0) is 6.42 Å². The number of halogens is 1. The van der Waals surface area contributed by atoms with Crippen molar-refractivity contribution in [1.82, 2.24) is 4.98 Å². The minimum Gasteiger partial charge on any atom is -0.294 e. The molecule has 0 spiro atoms. The second-order valence-corrected chi connectivity index (χ2v) is 3.33. The smallest absolute Gasteiger partial charge is 0.167 e. The Kier molecular flexibility index (Phi) is 4.67. The number of nitrogens with zero attached hydrogens (tertiary/aromatic N) is 1. The fourth-order valence-electron chi connectivity index (χ4n) is 1.41. The van der Waals surface area contributed by atoms with Crippen LogP contribution in [0.25, 0.3) is 0 Å². The summed E-state index contributed by atoms with van der Waals surface area (Å²) >= 11 is 0. The zero-order chi connectivity index (χ0) is 10.5. The van der Waals surface area contributed by atoms with E-state index in [9.17, 15) is 4.79 Å². The van der Waals surface area contributed by atoms with Crippen molar-refractivity contribution in [3.05, 3.63) is 66.0 Å². The van der Waals surface area contributed by atoms with E-state index in [1.165, 1.54) is 0 Å². The molecule has 1 aromatic heterocycles. The Balaban J connectivity index is 0.00000128. The molecule has 1 aromatic carbocycles. The van der Waals surface area contributed by atoms with Gasteiger partial charge in [0.05, 0.1) is 0 Å². The summed E-state index contributed by atoms with van der Waals surface area (Å²) in [5, 5.41) is 0. The van der Waals surface area contributed by atoms with Crippen LogP contribution in [0, 0.1) is 0 Å². The van der Waals surface area contributed by atoms with E-state index >= 15 is 0 Å². The Morgan fingerprint density at radius 1 is 1.06 bits per heavy atom. The number of Topliss-reactive ketones (excluding diaryl/α,β-unsaturated/α-hetero) is 1. The lowest BCUT2D eigenvalue weighted by atomic mass is 10.0. The van der Waals surface area contributed by atoms with Crippen molar-refractivity contribution in [1.29, 1.82) is 0 Å². The van der Waals surface area contributed by atoms with Crippen LogP contribution in [0.3, 0.4) is 0 Å². The van der Waals surface area contributed by atoms with Gasteiger partial charge in [-0.05, 0) is 11.6 Å². The van der Waals surface area contributed by atoms with Crippen molar-refractivity contribution in [3.63, 3.8) is 0 Å². The van der Waals surface area contributed by atoms with Crippen molar-refractivity contribution in [2.45, 2.75) is 6.42 Å². The Hall–Kier alpha value is -1.67. The second-order valence-electron chi connectivity index (χ2n) is 3.33. The van der Waals surface area contributed by atoms with Crippen molar-refractivity contribution in [2.75, 3.05) is 0 Å². The molecule has 0 saturated heterocycles. The van der Waals surface area contributed by atoms with Crippen molar-refractivity contribution in [3.8, 4) is 0 Å². The average Bonchev–Trinajstić information content (AvgIpc) is 2.31. The molecule has 0 aliphatic rings. The van der Waals surface area contributed by atoms with E-state index in [0.29, 0.717) is 6.42 Å². The minimum absolute atomic E-state index is 0. The van der Waals surface area contributed by atoms with Crippen molar-refractivity contribution < 1.29 is 4.79 Å². The Morgan fingerprint density at radius 3 is 2.44 bits per heavy atom. The summed E-state index contributed by atoms with van der Waals surface area (Å²) in [6.07, 6.45) is 3.84. The molecule has 0 unspecified atom stereocenters. The zero-order valence-electron chi connectivity index (χ0n) is 8.67. The summed E-state index contributed by atoms with van der Waals surface area (Å²) in [5.41, 5.74) is 1.70. The van der Waals surface area contributed by atoms with E-state index in [1.807, 2.05) is 42.5 Å². The summed E-state index contributed by atoms with van der Waals surface area (Å²) in [6, 6.07) is 13.1. The molecule has 2 nitrogen and oxygen atoms in total. The lowest BCUT2D eigenvalue weighted by Gasteiger charge is -2.00. The van der Waals surface area contributed by atoms with E-state index in [-0.39, 0.29) is 18.2 Å². The van der Waals surface area contributed by atoms with E-state index in [4.69, 9.17) is 0 Å². The molecule has 0 N–H and O–H groups in total. The van der Waals surface area contributed by atoms with Gasteiger partial charge in [-0.25, -0.2) is 0 Å². The molecule has 0 bridgehead atoms. The van der Waals surface area contributed by atoms with Crippen LogP contribution in [0.2, 0.25) is 0 Å². The molecule has 3 heteroatoms. The van der Waals surface area contributed by atoms with Gasteiger partial charge < -0.3 is 0 Å². The highest BCUT2D eigenvalue weighted by Crippen LogP contribution is 2.05. The molecule has 0 amide bonds. The largest absolute Gasteiger partial charge is 0.294 e. The van der Waals surface area contributed by atoms with Crippen molar-refractivity contribution >= 4 is 18.2 Å². The monoisotopic (exact) mass is 233 g/mol. The molecular weight excluding hydrogens is 222 g/mol. The van der Waals surface area contributed by atoms with Gasteiger partial charge in [0.1, 0.15) is 0 Å². The fourth-order valence-corrected chi connectivity index (χ4v) is 1.41. The summed E-state index contributed by atoms with van der Waals surface area (Å²) in [7, 11) is 0. The number of hydrogen-bond donors (Lipinski definition) is 0. The van der Waals surface area contributed by atoms with Crippen molar-refractivity contribution in [2.24, 2.45) is 0 Å². The number of rotatable bonds is 3. The van der Waals surface area contributed by atoms with E-state index in [1.54, 1.807) is 12.4 Å². The maximum absolute atomic E-state index is 11.8. The Labute approximate surface area is 101 Å². The van der Waals surface area contributed by atoms with Crippen LogP contribution in [-0.4, -0.2) is 10.8 Å². The molecule has 0 aliphatic heterocycles. The third-order valence-corrected chi connectivity index (χ3v) is 2.18. The number of pyridine rings is 1. The van der Waals surface area contributed by atoms with Gasteiger partial charge in [-0.15, -0.1) is 12.4 Å². The third-order valence-electron chi connectivity index (χ3n) is 2.18. The fraction of sp³-hybridized carbons (Fsp3) is 0.0769. The van der Waals surface area contributed by atoms with Crippen LogP contribution in [0.1, 0.15) is 15.9 Å². The molecule has 0 aliphatic carbocycles. The molecule has 1 heterocycles. The number of ketones is 1. The topological polar surface area (TPSA) is 30.0 Å². The first-order valence-corrected chi connectivity index (χ1v) is 4.83. The van der Waals surface area contributed by atoms with E-state index in [2.05, 4.69) is 4.98 Å². The first kappa shape index (κ1) is 12.4. The SMILES string of the molecule is Cl.O=C(Cc1cccnc1)c1ccccc1. The van der Waals surface area contributed by atoms with Crippen LogP contribution in [0.4, 0.5) is 0 Å². The molecule has 0 atom stereocenters. The normalized spacial score (nSPS) is 9.25.